The van der Waals surface area contributed by atoms with Crippen LogP contribution in [0.3, 0.4) is 0 Å². The Bertz CT molecular complexity index is 571. The summed E-state index contributed by atoms with van der Waals surface area (Å²) in [5, 5.41) is 14.7. The zero-order valence-corrected chi connectivity index (χ0v) is 17.1. The zero-order valence-electron chi connectivity index (χ0n) is 17.1. The summed E-state index contributed by atoms with van der Waals surface area (Å²) in [4.78, 5) is 29.9. The first-order valence-corrected chi connectivity index (χ1v) is 9.69. The Hall–Kier alpha value is -1.92. The number of carbonyl (C=O) groups is 2. The Labute approximate surface area is 162 Å². The molecule has 1 aromatic rings. The van der Waals surface area contributed by atoms with Gasteiger partial charge in [0.15, 0.2) is 6.10 Å². The molecule has 0 aliphatic carbocycles. The Morgan fingerprint density at radius 2 is 1.89 bits per heavy atom. The molecule has 0 saturated heterocycles. The van der Waals surface area contributed by atoms with Gasteiger partial charge in [0, 0.05) is 0 Å². The van der Waals surface area contributed by atoms with Crippen molar-refractivity contribution in [1.29, 1.82) is 0 Å². The third-order valence-electron chi connectivity index (χ3n) is 4.22. The van der Waals surface area contributed by atoms with Gasteiger partial charge < -0.3 is 10.4 Å². The standard InChI is InChI=1S/C21H34N2O4/c1-6-8-14-18(23(15-24)27-21(3,4)5)19(25)20(26)22-17(7-2)16-12-10-9-11-13-16/h9-13,15,17-19,25H,6-8,14H2,1-5H3,(H,22,26). The maximum atomic E-state index is 12.7. The number of hydroxylamine groups is 2. The minimum Gasteiger partial charge on any atom is -0.381 e. The average Bonchev–Trinajstić information content (AvgIpc) is 2.64. The molecule has 1 rings (SSSR count). The summed E-state index contributed by atoms with van der Waals surface area (Å²) in [5.74, 6) is -0.504. The van der Waals surface area contributed by atoms with Crippen LogP contribution in [0.4, 0.5) is 0 Å². The third-order valence-corrected chi connectivity index (χ3v) is 4.22. The third kappa shape index (κ3) is 7.69. The second-order valence-corrected chi connectivity index (χ2v) is 7.70. The quantitative estimate of drug-likeness (QED) is 0.457. The lowest BCUT2D eigenvalue weighted by atomic mass is 10.0. The molecule has 2 N–H and O–H groups in total. The number of carbonyl (C=O) groups excluding carboxylic acids is 2. The van der Waals surface area contributed by atoms with E-state index in [-0.39, 0.29) is 6.04 Å². The number of benzene rings is 1. The summed E-state index contributed by atoms with van der Waals surface area (Å²) in [5.41, 5.74) is 0.362. The molecule has 0 bridgehead atoms. The number of aliphatic hydroxyl groups excluding tert-OH is 1. The zero-order chi connectivity index (χ0) is 20.4. The summed E-state index contributed by atoms with van der Waals surface area (Å²) in [6.07, 6.45) is 1.98. The molecule has 0 radical (unpaired) electrons. The van der Waals surface area contributed by atoms with E-state index in [1.54, 1.807) is 0 Å². The Balaban J connectivity index is 2.93. The number of amides is 2. The lowest BCUT2D eigenvalue weighted by Crippen LogP contribution is -2.52. The summed E-state index contributed by atoms with van der Waals surface area (Å²) < 4.78 is 0. The van der Waals surface area contributed by atoms with E-state index >= 15 is 0 Å². The number of hydrogen-bond donors (Lipinski definition) is 2. The Kier molecular flexibility index (Phi) is 9.46. The van der Waals surface area contributed by atoms with Crippen LogP contribution in [0, 0.1) is 0 Å². The fourth-order valence-corrected chi connectivity index (χ4v) is 2.86. The second-order valence-electron chi connectivity index (χ2n) is 7.70. The fourth-order valence-electron chi connectivity index (χ4n) is 2.86. The molecule has 1 aromatic carbocycles. The van der Waals surface area contributed by atoms with Crippen LogP contribution < -0.4 is 5.32 Å². The van der Waals surface area contributed by atoms with Gasteiger partial charge >= 0.3 is 0 Å². The van der Waals surface area contributed by atoms with Gasteiger partial charge in [0.05, 0.1) is 17.7 Å². The maximum Gasteiger partial charge on any atom is 0.251 e. The van der Waals surface area contributed by atoms with E-state index in [4.69, 9.17) is 4.84 Å². The second kappa shape index (κ2) is 11.0. The van der Waals surface area contributed by atoms with Gasteiger partial charge in [-0.3, -0.25) is 14.4 Å². The number of nitrogens with one attached hydrogen (secondary N) is 1. The molecule has 0 aliphatic heterocycles. The van der Waals surface area contributed by atoms with E-state index in [0.29, 0.717) is 19.3 Å². The molecule has 6 nitrogen and oxygen atoms in total. The molecule has 0 saturated carbocycles. The van der Waals surface area contributed by atoms with Crippen molar-refractivity contribution in [3.05, 3.63) is 35.9 Å². The highest BCUT2D eigenvalue weighted by Gasteiger charge is 2.34. The predicted octanol–water partition coefficient (Wildman–Crippen LogP) is 3.36. The van der Waals surface area contributed by atoms with E-state index in [1.165, 1.54) is 0 Å². The molecule has 0 spiro atoms. The van der Waals surface area contributed by atoms with Gasteiger partial charge in [-0.1, -0.05) is 57.0 Å². The first-order chi connectivity index (χ1) is 12.7. The fraction of sp³-hybridized carbons (Fsp3) is 0.619. The van der Waals surface area contributed by atoms with Crippen molar-refractivity contribution >= 4 is 12.3 Å². The molecule has 2 amide bonds. The molecular formula is C21H34N2O4. The molecule has 152 valence electrons. The summed E-state index contributed by atoms with van der Waals surface area (Å²) >= 11 is 0. The number of hydrogen-bond acceptors (Lipinski definition) is 4. The van der Waals surface area contributed by atoms with Crippen LogP contribution in [-0.2, 0) is 14.4 Å². The lowest BCUT2D eigenvalue weighted by Gasteiger charge is -2.35. The molecule has 3 atom stereocenters. The van der Waals surface area contributed by atoms with E-state index in [9.17, 15) is 14.7 Å². The average molecular weight is 379 g/mol. The first kappa shape index (κ1) is 23.1. The largest absolute Gasteiger partial charge is 0.381 e. The lowest BCUT2D eigenvalue weighted by molar-refractivity contribution is -0.243. The number of aliphatic hydroxyl groups is 1. The van der Waals surface area contributed by atoms with E-state index < -0.39 is 23.7 Å². The normalized spacial score (nSPS) is 14.9. The maximum absolute atomic E-state index is 12.7. The van der Waals surface area contributed by atoms with Crippen molar-refractivity contribution in [2.24, 2.45) is 0 Å². The highest BCUT2D eigenvalue weighted by molar-refractivity contribution is 5.82. The summed E-state index contributed by atoms with van der Waals surface area (Å²) in [6.45, 7) is 9.43. The van der Waals surface area contributed by atoms with Crippen molar-refractivity contribution in [1.82, 2.24) is 10.4 Å². The SMILES string of the molecule is CCCCC(C(O)C(=O)NC(CC)c1ccccc1)N(C=O)OC(C)(C)C. The van der Waals surface area contributed by atoms with Gasteiger partial charge in [-0.25, -0.2) is 5.06 Å². The van der Waals surface area contributed by atoms with Gasteiger partial charge in [0.1, 0.15) is 0 Å². The molecule has 27 heavy (non-hydrogen) atoms. The minimum atomic E-state index is -1.37. The van der Waals surface area contributed by atoms with Gasteiger partial charge in [-0.05, 0) is 39.2 Å². The van der Waals surface area contributed by atoms with Crippen molar-refractivity contribution in [3.8, 4) is 0 Å². The first-order valence-electron chi connectivity index (χ1n) is 9.69. The van der Waals surface area contributed by atoms with Crippen LogP contribution in [0.1, 0.15) is 71.9 Å². The monoisotopic (exact) mass is 378 g/mol. The van der Waals surface area contributed by atoms with E-state index in [2.05, 4.69) is 5.32 Å². The summed E-state index contributed by atoms with van der Waals surface area (Å²) in [6, 6.07) is 8.68. The van der Waals surface area contributed by atoms with Crippen molar-refractivity contribution in [2.75, 3.05) is 0 Å². The van der Waals surface area contributed by atoms with Crippen molar-refractivity contribution in [3.63, 3.8) is 0 Å². The van der Waals surface area contributed by atoms with Crippen LogP contribution in [0.5, 0.6) is 0 Å². The van der Waals surface area contributed by atoms with Gasteiger partial charge in [0.25, 0.3) is 5.91 Å². The summed E-state index contributed by atoms with van der Waals surface area (Å²) in [7, 11) is 0. The highest BCUT2D eigenvalue weighted by atomic mass is 16.7. The van der Waals surface area contributed by atoms with E-state index in [1.807, 2.05) is 65.0 Å². The van der Waals surface area contributed by atoms with Crippen LogP contribution >= 0.6 is 0 Å². The van der Waals surface area contributed by atoms with Crippen LogP contribution in [0.2, 0.25) is 0 Å². The van der Waals surface area contributed by atoms with Crippen LogP contribution in [-0.4, -0.2) is 40.2 Å². The Morgan fingerprint density at radius 3 is 2.37 bits per heavy atom. The van der Waals surface area contributed by atoms with Crippen LogP contribution in [0.15, 0.2) is 30.3 Å². The van der Waals surface area contributed by atoms with Gasteiger partial charge in [-0.15, -0.1) is 0 Å². The smallest absolute Gasteiger partial charge is 0.251 e. The number of unbranched alkanes of at least 4 members (excludes halogenated alkanes) is 1. The molecule has 3 unspecified atom stereocenters. The van der Waals surface area contributed by atoms with E-state index in [0.717, 1.165) is 23.5 Å². The predicted molar refractivity (Wildman–Crippen MR) is 106 cm³/mol. The van der Waals surface area contributed by atoms with Gasteiger partial charge in [-0.2, -0.15) is 0 Å². The molecule has 0 aliphatic rings. The Morgan fingerprint density at radius 1 is 1.26 bits per heavy atom. The number of nitrogens with zero attached hydrogens (tertiary/aromatic N) is 1. The topological polar surface area (TPSA) is 78.9 Å². The van der Waals surface area contributed by atoms with Crippen molar-refractivity contribution < 1.29 is 19.5 Å². The van der Waals surface area contributed by atoms with Gasteiger partial charge in [0.2, 0.25) is 6.41 Å². The molecule has 6 heteroatoms. The van der Waals surface area contributed by atoms with Crippen molar-refractivity contribution in [2.45, 2.75) is 84.1 Å². The highest BCUT2D eigenvalue weighted by Crippen LogP contribution is 2.20. The molecule has 0 fully saturated rings. The molecule has 0 aromatic heterocycles. The molecule has 0 heterocycles. The van der Waals surface area contributed by atoms with Crippen LogP contribution in [0.25, 0.3) is 0 Å². The minimum absolute atomic E-state index is 0.201. The molecular weight excluding hydrogens is 344 g/mol. The number of rotatable bonds is 11.